The van der Waals surface area contributed by atoms with Crippen molar-refractivity contribution >= 4 is 0 Å². The first kappa shape index (κ1) is 26.6. The lowest BCUT2D eigenvalue weighted by atomic mass is 9.73. The van der Waals surface area contributed by atoms with E-state index < -0.39 is 11.4 Å². The molecule has 1 aliphatic rings. The van der Waals surface area contributed by atoms with Crippen molar-refractivity contribution in [2.24, 2.45) is 5.92 Å². The summed E-state index contributed by atoms with van der Waals surface area (Å²) in [4.78, 5) is 2.44. The van der Waals surface area contributed by atoms with Crippen LogP contribution in [0.2, 0.25) is 0 Å². The Morgan fingerprint density at radius 1 is 1.21 bits per heavy atom. The Balaban J connectivity index is 1.98. The predicted molar refractivity (Wildman–Crippen MR) is 135 cm³/mol. The van der Waals surface area contributed by atoms with Gasteiger partial charge in [-0.3, -0.25) is 4.90 Å². The van der Waals surface area contributed by atoms with E-state index in [0.717, 1.165) is 50.9 Å². The number of hydrogen-bond donors (Lipinski definition) is 2. The maximum absolute atomic E-state index is 15.2. The molecular weight excluding hydrogens is 431 g/mol. The molecule has 0 amide bonds. The van der Waals surface area contributed by atoms with Crippen LogP contribution in [0.3, 0.4) is 0 Å². The van der Waals surface area contributed by atoms with Crippen molar-refractivity contribution in [2.45, 2.75) is 57.6 Å². The Kier molecular flexibility index (Phi) is 9.89. The van der Waals surface area contributed by atoms with Crippen molar-refractivity contribution in [3.05, 3.63) is 59.4 Å². The topological polar surface area (TPSA) is 54.0 Å². The summed E-state index contributed by atoms with van der Waals surface area (Å²) in [5.74, 6) is 0.256. The highest BCUT2D eigenvalue weighted by atomic mass is 19.1. The van der Waals surface area contributed by atoms with Crippen LogP contribution in [0.4, 0.5) is 4.39 Å². The van der Waals surface area contributed by atoms with Crippen LogP contribution in [0.25, 0.3) is 0 Å². The second-order valence-electron chi connectivity index (χ2n) is 9.60. The number of unbranched alkanes of at least 4 members (excludes halogenated alkanes) is 1. The number of para-hydroxylation sites is 2. The van der Waals surface area contributed by atoms with Crippen LogP contribution < -0.4 is 10.1 Å². The van der Waals surface area contributed by atoms with Crippen molar-refractivity contribution in [3.8, 4) is 11.5 Å². The van der Waals surface area contributed by atoms with E-state index in [1.807, 2.05) is 44.3 Å². The number of nitrogens with zero attached hydrogens (tertiary/aromatic N) is 1. The summed E-state index contributed by atoms with van der Waals surface area (Å²) in [5.41, 5.74) is 0.262. The molecule has 3 atom stereocenters. The van der Waals surface area contributed by atoms with Gasteiger partial charge in [0.25, 0.3) is 0 Å². The van der Waals surface area contributed by atoms with E-state index in [2.05, 4.69) is 17.1 Å². The number of aliphatic hydroxyl groups is 1. The fraction of sp³-hybridized carbons (Fsp3) is 0.571. The Morgan fingerprint density at radius 2 is 2.00 bits per heavy atom. The minimum atomic E-state index is -1.20. The average molecular weight is 473 g/mol. The van der Waals surface area contributed by atoms with Crippen molar-refractivity contribution in [1.29, 1.82) is 0 Å². The zero-order valence-corrected chi connectivity index (χ0v) is 21.1. The molecule has 0 aliphatic carbocycles. The summed E-state index contributed by atoms with van der Waals surface area (Å²) in [6.45, 7) is 7.46. The van der Waals surface area contributed by atoms with Crippen molar-refractivity contribution in [1.82, 2.24) is 10.2 Å². The molecule has 34 heavy (non-hydrogen) atoms. The lowest BCUT2D eigenvalue weighted by Gasteiger charge is -2.45. The largest absolute Gasteiger partial charge is 0.454 e. The first-order valence-electron chi connectivity index (χ1n) is 12.5. The van der Waals surface area contributed by atoms with E-state index in [1.165, 1.54) is 6.07 Å². The number of ether oxygens (including phenoxy) is 2. The third kappa shape index (κ3) is 6.36. The van der Waals surface area contributed by atoms with Crippen LogP contribution in [0.5, 0.6) is 11.5 Å². The molecule has 1 saturated heterocycles. The molecule has 0 saturated carbocycles. The number of rotatable bonds is 12. The normalized spacial score (nSPS) is 19.5. The lowest BCUT2D eigenvalue weighted by Crippen LogP contribution is -2.50. The molecule has 0 radical (unpaired) electrons. The van der Waals surface area contributed by atoms with E-state index in [0.29, 0.717) is 30.4 Å². The third-order valence-electron chi connectivity index (χ3n) is 7.15. The second kappa shape index (κ2) is 12.6. The summed E-state index contributed by atoms with van der Waals surface area (Å²) >= 11 is 0. The fourth-order valence-corrected chi connectivity index (χ4v) is 5.16. The smallest absolute Gasteiger partial charge is 0.169 e. The van der Waals surface area contributed by atoms with Gasteiger partial charge in [0.15, 0.2) is 11.6 Å². The van der Waals surface area contributed by atoms with Gasteiger partial charge < -0.3 is 19.9 Å². The maximum atomic E-state index is 15.2. The predicted octanol–water partition coefficient (Wildman–Crippen LogP) is 5.25. The van der Waals surface area contributed by atoms with Crippen molar-refractivity contribution in [3.63, 3.8) is 0 Å². The minimum Gasteiger partial charge on any atom is -0.454 e. The van der Waals surface area contributed by atoms with Crippen molar-refractivity contribution < 1.29 is 19.0 Å². The molecule has 5 nitrogen and oxygen atoms in total. The number of aryl methyl sites for hydroxylation is 1. The summed E-state index contributed by atoms with van der Waals surface area (Å²) in [6, 6.07) is 12.9. The molecule has 3 rings (SSSR count). The van der Waals surface area contributed by atoms with Crippen LogP contribution in [-0.4, -0.2) is 56.4 Å². The standard InChI is InChI=1S/C28H41FN2O3/c1-21-11-5-6-15-26(21)34-27-24(13-9-14-25(27)29)28(32,16-7-8-18-33-4)23-12-10-17-31(20-23)22(2)19-30-3/h5-6,9,11,13-15,22-23,30,32H,7-8,10,12,16-20H2,1-4H3. The molecular formula is C28H41FN2O3. The molecule has 0 bridgehead atoms. The molecule has 1 fully saturated rings. The van der Waals surface area contributed by atoms with E-state index >= 15 is 4.39 Å². The first-order valence-corrected chi connectivity index (χ1v) is 12.5. The van der Waals surface area contributed by atoms with Crippen molar-refractivity contribution in [2.75, 3.05) is 40.4 Å². The Morgan fingerprint density at radius 3 is 2.74 bits per heavy atom. The molecule has 1 aliphatic heterocycles. The number of benzene rings is 2. The molecule has 2 N–H and O–H groups in total. The van der Waals surface area contributed by atoms with Crippen LogP contribution in [-0.2, 0) is 10.3 Å². The highest BCUT2D eigenvalue weighted by molar-refractivity contribution is 5.45. The van der Waals surface area contributed by atoms with E-state index in [4.69, 9.17) is 9.47 Å². The van der Waals surface area contributed by atoms with E-state index in [1.54, 1.807) is 13.2 Å². The van der Waals surface area contributed by atoms with Gasteiger partial charge in [-0.25, -0.2) is 4.39 Å². The molecule has 0 spiro atoms. The minimum absolute atomic E-state index is 0.0240. The number of halogens is 1. The molecule has 3 unspecified atom stereocenters. The number of likely N-dealkylation sites (N-methyl/N-ethyl adjacent to an activating group) is 1. The molecule has 2 aromatic rings. The Bertz CT molecular complexity index is 909. The number of methoxy groups -OCH3 is 1. The number of nitrogens with one attached hydrogen (secondary N) is 1. The summed E-state index contributed by atoms with van der Waals surface area (Å²) in [6.07, 6.45) is 4.05. The average Bonchev–Trinajstić information content (AvgIpc) is 2.84. The highest BCUT2D eigenvalue weighted by Crippen LogP contribution is 2.45. The zero-order chi connectivity index (χ0) is 24.6. The Labute approximate surface area is 204 Å². The maximum Gasteiger partial charge on any atom is 0.169 e. The summed E-state index contributed by atoms with van der Waals surface area (Å²) in [7, 11) is 3.65. The van der Waals surface area contributed by atoms with E-state index in [-0.39, 0.29) is 11.7 Å². The van der Waals surface area contributed by atoms with Gasteiger partial charge in [0, 0.05) is 44.3 Å². The highest BCUT2D eigenvalue weighted by Gasteiger charge is 2.43. The van der Waals surface area contributed by atoms with Gasteiger partial charge in [0.2, 0.25) is 0 Å². The van der Waals surface area contributed by atoms with Crippen LogP contribution >= 0.6 is 0 Å². The van der Waals surface area contributed by atoms with Gasteiger partial charge in [0.05, 0.1) is 5.60 Å². The monoisotopic (exact) mass is 472 g/mol. The molecule has 0 aromatic heterocycles. The molecule has 188 valence electrons. The summed E-state index contributed by atoms with van der Waals surface area (Å²) in [5, 5.41) is 15.6. The second-order valence-corrected chi connectivity index (χ2v) is 9.60. The molecule has 2 aromatic carbocycles. The summed E-state index contributed by atoms with van der Waals surface area (Å²) < 4.78 is 26.6. The van der Waals surface area contributed by atoms with Gasteiger partial charge in [-0.2, -0.15) is 0 Å². The third-order valence-corrected chi connectivity index (χ3v) is 7.15. The Hall–Kier alpha value is -1.99. The van der Waals surface area contributed by atoms with Gasteiger partial charge >= 0.3 is 0 Å². The van der Waals surface area contributed by atoms with Gasteiger partial charge in [-0.15, -0.1) is 0 Å². The quantitative estimate of drug-likeness (QED) is 0.413. The van der Waals surface area contributed by atoms with Crippen LogP contribution in [0.1, 0.15) is 50.2 Å². The van der Waals surface area contributed by atoms with Gasteiger partial charge in [-0.1, -0.05) is 30.3 Å². The van der Waals surface area contributed by atoms with Gasteiger partial charge in [-0.05, 0) is 77.2 Å². The fourth-order valence-electron chi connectivity index (χ4n) is 5.16. The number of piperidine rings is 1. The SMILES string of the molecule is CNCC(C)N1CCCC(C(O)(CCCCOC)c2cccc(F)c2Oc2ccccc2C)C1. The molecule has 6 heteroatoms. The number of likely N-dealkylation sites (tertiary alicyclic amines) is 1. The van der Waals surface area contributed by atoms with E-state index in [9.17, 15) is 5.11 Å². The van der Waals surface area contributed by atoms with Gasteiger partial charge in [0.1, 0.15) is 5.75 Å². The van der Waals surface area contributed by atoms with Crippen LogP contribution in [0.15, 0.2) is 42.5 Å². The first-order chi connectivity index (χ1) is 16.4. The molecule has 1 heterocycles. The van der Waals surface area contributed by atoms with Crippen LogP contribution in [0, 0.1) is 18.7 Å². The number of hydrogen-bond acceptors (Lipinski definition) is 5. The zero-order valence-electron chi connectivity index (χ0n) is 21.1. The lowest BCUT2D eigenvalue weighted by molar-refractivity contribution is -0.0678.